The minimum Gasteiger partial charge on any atom is -0.496 e. The zero-order chi connectivity index (χ0) is 36.0. The van der Waals surface area contributed by atoms with E-state index in [2.05, 4.69) is 25.9 Å². The highest BCUT2D eigenvalue weighted by atomic mass is 16.5. The molecule has 11 heteroatoms. The highest BCUT2D eigenvalue weighted by molar-refractivity contribution is 5.98. The summed E-state index contributed by atoms with van der Waals surface area (Å²) in [5, 5.41) is 9.88. The lowest BCUT2D eigenvalue weighted by Gasteiger charge is -2.36. The van der Waals surface area contributed by atoms with Crippen molar-refractivity contribution in [2.45, 2.75) is 71.5 Å². The second-order valence-corrected chi connectivity index (χ2v) is 13.8. The van der Waals surface area contributed by atoms with E-state index in [1.807, 2.05) is 81.4 Å². The molecule has 0 bridgehead atoms. The van der Waals surface area contributed by atoms with Crippen molar-refractivity contribution in [3.05, 3.63) is 89.7 Å². The molecule has 1 aliphatic heterocycles. The van der Waals surface area contributed by atoms with Crippen LogP contribution in [0.25, 0.3) is 10.9 Å². The van der Waals surface area contributed by atoms with Crippen LogP contribution in [0.1, 0.15) is 62.0 Å². The molecule has 11 nitrogen and oxygen atoms in total. The number of benzene rings is 3. The Bertz CT molecular complexity index is 1860. The molecule has 0 unspecified atom stereocenters. The number of fused-ring (bicyclic) bond motifs is 1. The van der Waals surface area contributed by atoms with Crippen molar-refractivity contribution in [1.82, 2.24) is 25.5 Å². The van der Waals surface area contributed by atoms with Crippen molar-refractivity contribution in [3.8, 4) is 5.75 Å². The zero-order valence-corrected chi connectivity index (χ0v) is 29.6. The number of carbonyl (C=O) groups is 4. The van der Waals surface area contributed by atoms with Crippen LogP contribution < -0.4 is 20.7 Å². The molecule has 1 saturated heterocycles. The van der Waals surface area contributed by atoms with Gasteiger partial charge < -0.3 is 25.6 Å². The summed E-state index contributed by atoms with van der Waals surface area (Å²) < 4.78 is 5.69. The summed E-state index contributed by atoms with van der Waals surface area (Å²) in [6.07, 6.45) is 3.03. The van der Waals surface area contributed by atoms with Crippen LogP contribution in [0.2, 0.25) is 0 Å². The van der Waals surface area contributed by atoms with Crippen LogP contribution in [-0.2, 0) is 27.2 Å². The van der Waals surface area contributed by atoms with E-state index in [1.165, 1.54) is 6.33 Å². The van der Waals surface area contributed by atoms with Crippen molar-refractivity contribution in [3.63, 3.8) is 0 Å². The van der Waals surface area contributed by atoms with Gasteiger partial charge in [-0.15, -0.1) is 0 Å². The fraction of sp³-hybridized carbons (Fsp3) is 0.385. The number of nitrogens with one attached hydrogen (secondary N) is 3. The summed E-state index contributed by atoms with van der Waals surface area (Å²) in [7, 11) is 3.24. The number of likely N-dealkylation sites (tertiary alicyclic amines) is 1. The van der Waals surface area contributed by atoms with Crippen LogP contribution in [0.15, 0.2) is 73.1 Å². The second-order valence-electron chi connectivity index (χ2n) is 13.8. The maximum Gasteiger partial charge on any atom is 0.246 e. The first-order chi connectivity index (χ1) is 23.9. The average molecular weight is 679 g/mol. The minimum absolute atomic E-state index is 0.0371. The van der Waals surface area contributed by atoms with Gasteiger partial charge in [-0.25, -0.2) is 9.97 Å². The van der Waals surface area contributed by atoms with Gasteiger partial charge in [-0.3, -0.25) is 19.2 Å². The van der Waals surface area contributed by atoms with Gasteiger partial charge in [-0.05, 0) is 56.0 Å². The number of hydrogen-bond acceptors (Lipinski definition) is 9. The number of Topliss-reactive ketones (excluding diaryl/α,β-unsaturated/α-hetero) is 2. The summed E-state index contributed by atoms with van der Waals surface area (Å²) in [6.45, 7) is 7.89. The molecule has 2 heterocycles. The summed E-state index contributed by atoms with van der Waals surface area (Å²) >= 11 is 0. The normalized spacial score (nSPS) is 15.7. The number of anilines is 2. The average Bonchev–Trinajstić information content (AvgIpc) is 3.61. The molecule has 0 radical (unpaired) electrons. The van der Waals surface area contributed by atoms with E-state index >= 15 is 0 Å². The molecule has 0 saturated carbocycles. The number of ether oxygens (including phenoxy) is 1. The lowest BCUT2D eigenvalue weighted by atomic mass is 9.85. The lowest BCUT2D eigenvalue weighted by molar-refractivity contribution is -0.143. The number of likely N-dealkylation sites (N-methyl/N-ethyl adjacent to an activating group) is 1. The van der Waals surface area contributed by atoms with Crippen LogP contribution in [0.3, 0.4) is 0 Å². The molecule has 0 aliphatic carbocycles. The van der Waals surface area contributed by atoms with E-state index in [9.17, 15) is 19.2 Å². The number of hydrogen-bond donors (Lipinski definition) is 3. The molecule has 0 spiro atoms. The van der Waals surface area contributed by atoms with Gasteiger partial charge in [0.2, 0.25) is 11.8 Å². The van der Waals surface area contributed by atoms with Crippen LogP contribution in [-0.4, -0.2) is 77.1 Å². The summed E-state index contributed by atoms with van der Waals surface area (Å²) in [5.41, 5.74) is 3.07. The van der Waals surface area contributed by atoms with Crippen LogP contribution >= 0.6 is 0 Å². The Kier molecular flexibility index (Phi) is 11.3. The molecule has 50 heavy (non-hydrogen) atoms. The summed E-state index contributed by atoms with van der Waals surface area (Å²) in [6, 6.07) is 18.6. The molecule has 1 fully saturated rings. The Labute approximate surface area is 293 Å². The number of amides is 2. The van der Waals surface area contributed by atoms with Crippen molar-refractivity contribution in [1.29, 1.82) is 0 Å². The molecule has 5 rings (SSSR count). The molecule has 4 aromatic rings. The van der Waals surface area contributed by atoms with Crippen molar-refractivity contribution in [2.75, 3.05) is 26.0 Å². The number of rotatable bonds is 13. The highest BCUT2D eigenvalue weighted by Gasteiger charge is 2.42. The zero-order valence-electron chi connectivity index (χ0n) is 29.6. The van der Waals surface area contributed by atoms with Gasteiger partial charge in [-0.1, -0.05) is 63.2 Å². The van der Waals surface area contributed by atoms with E-state index < -0.39 is 23.5 Å². The molecular formula is C39H46N6O5. The third-order valence-corrected chi connectivity index (χ3v) is 9.21. The monoisotopic (exact) mass is 678 g/mol. The van der Waals surface area contributed by atoms with Crippen molar-refractivity contribution in [2.24, 2.45) is 5.41 Å². The third kappa shape index (κ3) is 8.34. The van der Waals surface area contributed by atoms with E-state index in [-0.39, 0.29) is 29.8 Å². The topological polar surface area (TPSA) is 143 Å². The molecule has 2 amide bonds. The first kappa shape index (κ1) is 36.1. The van der Waals surface area contributed by atoms with Crippen molar-refractivity contribution < 1.29 is 23.9 Å². The Balaban J connectivity index is 1.34. The van der Waals surface area contributed by atoms with Gasteiger partial charge in [-0.2, -0.15) is 0 Å². The number of aromatic nitrogens is 2. The smallest absolute Gasteiger partial charge is 0.246 e. The molecule has 3 aromatic carbocycles. The van der Waals surface area contributed by atoms with E-state index in [0.29, 0.717) is 59.4 Å². The molecule has 1 aliphatic rings. The quantitative estimate of drug-likeness (QED) is 0.166. The fourth-order valence-electron chi connectivity index (χ4n) is 6.19. The fourth-order valence-corrected chi connectivity index (χ4v) is 6.19. The first-order valence-corrected chi connectivity index (χ1v) is 17.0. The minimum atomic E-state index is -0.793. The van der Waals surface area contributed by atoms with Gasteiger partial charge in [0.15, 0.2) is 11.6 Å². The standard InChI is InChI=1S/C39H46N6O5/c1-24(40-5)37(48)44-35(39(2,3)4)38(49)45-18-10-13-31(45)33(47)21-27-20-29-30(22-34(27)50-6)41-23-42-36(29)43-28-16-14-25(15-17-28)19-32(46)26-11-8-7-9-12-26/h7-9,11-12,14-17,20,22-24,31,35,40H,10,13,18-19,21H2,1-6H3,(H,44,48)(H,41,42,43)/t24-,31-,35+/m0/s1. The number of nitrogens with zero attached hydrogens (tertiary/aromatic N) is 3. The summed E-state index contributed by atoms with van der Waals surface area (Å²) in [5.74, 6) is 0.476. The van der Waals surface area contributed by atoms with Gasteiger partial charge >= 0.3 is 0 Å². The number of methoxy groups -OCH3 is 1. The van der Waals surface area contributed by atoms with E-state index in [4.69, 9.17) is 4.74 Å². The Morgan fingerprint density at radius 1 is 0.980 bits per heavy atom. The van der Waals surface area contributed by atoms with Crippen molar-refractivity contribution >= 4 is 45.8 Å². The summed E-state index contributed by atoms with van der Waals surface area (Å²) in [4.78, 5) is 63.9. The maximum atomic E-state index is 13.9. The van der Waals surface area contributed by atoms with Crippen LogP contribution in [0.4, 0.5) is 11.5 Å². The van der Waals surface area contributed by atoms with Gasteiger partial charge in [0.25, 0.3) is 0 Å². The number of carbonyl (C=O) groups excluding carboxylic acids is 4. The second kappa shape index (κ2) is 15.6. The number of ketones is 2. The molecular weight excluding hydrogens is 632 g/mol. The van der Waals surface area contributed by atoms with Crippen LogP contribution in [0, 0.1) is 5.41 Å². The Morgan fingerprint density at radius 3 is 2.36 bits per heavy atom. The lowest BCUT2D eigenvalue weighted by Crippen LogP contribution is -2.58. The highest BCUT2D eigenvalue weighted by Crippen LogP contribution is 2.32. The van der Waals surface area contributed by atoms with E-state index in [0.717, 1.165) is 11.3 Å². The maximum absolute atomic E-state index is 13.9. The molecule has 3 atom stereocenters. The molecule has 3 N–H and O–H groups in total. The molecule has 1 aromatic heterocycles. The Morgan fingerprint density at radius 2 is 1.70 bits per heavy atom. The van der Waals surface area contributed by atoms with Gasteiger partial charge in [0, 0.05) is 47.7 Å². The predicted molar refractivity (Wildman–Crippen MR) is 194 cm³/mol. The molecule has 262 valence electrons. The SMILES string of the molecule is CN[C@@H](C)C(=O)N[C@H](C(=O)N1CCC[C@H]1C(=O)Cc1cc2c(Nc3ccc(CC(=O)c4ccccc4)cc3)ncnc2cc1OC)C(C)(C)C. The first-order valence-electron chi connectivity index (χ1n) is 17.0. The van der Waals surface area contributed by atoms with Gasteiger partial charge in [0.05, 0.1) is 24.7 Å². The Hall–Kier alpha value is -5.16. The predicted octanol–water partition coefficient (Wildman–Crippen LogP) is 5.05. The largest absolute Gasteiger partial charge is 0.496 e. The van der Waals surface area contributed by atoms with Gasteiger partial charge in [0.1, 0.15) is 23.9 Å². The third-order valence-electron chi connectivity index (χ3n) is 9.21. The van der Waals surface area contributed by atoms with E-state index in [1.54, 1.807) is 32.0 Å². The van der Waals surface area contributed by atoms with Crippen LogP contribution in [0.5, 0.6) is 5.75 Å².